The standard InChI is InChI=1S/C16H23N3O2S/c1-17-22(20,21)11-12-5-6-16-15(8-12)13(10-19-16)9-14-4-2-3-7-18-14/h5-6,8,10,14,17-19H,2-4,7,9,11H2,1H3. The van der Waals surface area contributed by atoms with Crippen molar-refractivity contribution in [1.29, 1.82) is 0 Å². The van der Waals surface area contributed by atoms with Crippen LogP contribution in [0.15, 0.2) is 24.4 Å². The summed E-state index contributed by atoms with van der Waals surface area (Å²) in [4.78, 5) is 3.29. The van der Waals surface area contributed by atoms with E-state index in [-0.39, 0.29) is 5.75 Å². The van der Waals surface area contributed by atoms with E-state index >= 15 is 0 Å². The third-order valence-corrected chi connectivity index (χ3v) is 5.71. The summed E-state index contributed by atoms with van der Waals surface area (Å²) in [6.45, 7) is 1.10. The first-order valence-corrected chi connectivity index (χ1v) is 9.46. The first-order chi connectivity index (χ1) is 10.6. The Morgan fingerprint density at radius 3 is 2.91 bits per heavy atom. The normalized spacial score (nSPS) is 19.6. The van der Waals surface area contributed by atoms with Crippen molar-refractivity contribution in [2.24, 2.45) is 0 Å². The smallest absolute Gasteiger partial charge is 0.215 e. The highest BCUT2D eigenvalue weighted by Gasteiger charge is 2.16. The highest BCUT2D eigenvalue weighted by Crippen LogP contribution is 2.23. The molecule has 1 unspecified atom stereocenters. The predicted molar refractivity (Wildman–Crippen MR) is 89.3 cm³/mol. The SMILES string of the molecule is CNS(=O)(=O)Cc1ccc2[nH]cc(CC3CCCCN3)c2c1. The number of H-pyrrole nitrogens is 1. The van der Waals surface area contributed by atoms with E-state index in [1.54, 1.807) is 0 Å². The molecule has 0 aliphatic carbocycles. The summed E-state index contributed by atoms with van der Waals surface area (Å²) in [5.74, 6) is 0.0196. The van der Waals surface area contributed by atoms with Gasteiger partial charge in [0.1, 0.15) is 0 Å². The second kappa shape index (κ2) is 6.40. The zero-order chi connectivity index (χ0) is 15.6. The summed E-state index contributed by atoms with van der Waals surface area (Å²) in [5, 5.41) is 4.70. The molecule has 0 saturated carbocycles. The Morgan fingerprint density at radius 1 is 1.32 bits per heavy atom. The van der Waals surface area contributed by atoms with Gasteiger partial charge in [0.2, 0.25) is 10.0 Å². The first kappa shape index (κ1) is 15.5. The van der Waals surface area contributed by atoms with Gasteiger partial charge >= 0.3 is 0 Å². The maximum absolute atomic E-state index is 11.7. The van der Waals surface area contributed by atoms with E-state index in [1.807, 2.05) is 18.2 Å². The molecule has 0 radical (unpaired) electrons. The number of hydrogen-bond donors (Lipinski definition) is 3. The average molecular weight is 321 g/mol. The highest BCUT2D eigenvalue weighted by molar-refractivity contribution is 7.88. The molecule has 2 aromatic rings. The number of fused-ring (bicyclic) bond motifs is 1. The first-order valence-electron chi connectivity index (χ1n) is 7.81. The molecule has 1 aliphatic heterocycles. The molecule has 1 atom stereocenters. The molecule has 0 bridgehead atoms. The predicted octanol–water partition coefficient (Wildman–Crippen LogP) is 1.90. The van der Waals surface area contributed by atoms with Crippen LogP contribution < -0.4 is 10.0 Å². The molecule has 3 N–H and O–H groups in total. The highest BCUT2D eigenvalue weighted by atomic mass is 32.2. The third kappa shape index (κ3) is 3.51. The lowest BCUT2D eigenvalue weighted by molar-refractivity contribution is 0.400. The molecule has 1 saturated heterocycles. The zero-order valence-electron chi connectivity index (χ0n) is 12.9. The summed E-state index contributed by atoms with van der Waals surface area (Å²) < 4.78 is 25.8. The van der Waals surface area contributed by atoms with Crippen molar-refractivity contribution in [3.05, 3.63) is 35.5 Å². The average Bonchev–Trinajstić information content (AvgIpc) is 2.90. The van der Waals surface area contributed by atoms with E-state index in [4.69, 9.17) is 0 Å². The number of benzene rings is 1. The molecule has 5 nitrogen and oxygen atoms in total. The van der Waals surface area contributed by atoms with E-state index in [0.29, 0.717) is 6.04 Å². The van der Waals surface area contributed by atoms with Crippen LogP contribution in [0.1, 0.15) is 30.4 Å². The molecular formula is C16H23N3O2S. The number of piperidine rings is 1. The summed E-state index contributed by atoms with van der Waals surface area (Å²) in [7, 11) is -1.79. The Morgan fingerprint density at radius 2 is 2.18 bits per heavy atom. The van der Waals surface area contributed by atoms with Crippen LogP contribution in [-0.4, -0.2) is 33.0 Å². The van der Waals surface area contributed by atoms with Gasteiger partial charge in [0.25, 0.3) is 0 Å². The molecular weight excluding hydrogens is 298 g/mol. The second-order valence-electron chi connectivity index (χ2n) is 6.01. The fourth-order valence-electron chi connectivity index (χ4n) is 3.14. The van der Waals surface area contributed by atoms with Crippen LogP contribution in [-0.2, 0) is 22.2 Å². The Labute approximate surface area is 131 Å². The summed E-state index contributed by atoms with van der Waals surface area (Å²) in [6.07, 6.45) is 6.79. The number of aromatic nitrogens is 1. The second-order valence-corrected chi connectivity index (χ2v) is 7.93. The summed E-state index contributed by atoms with van der Waals surface area (Å²) in [6, 6.07) is 6.36. The topological polar surface area (TPSA) is 74.0 Å². The quantitative estimate of drug-likeness (QED) is 0.787. The van der Waals surface area contributed by atoms with Gasteiger partial charge < -0.3 is 10.3 Å². The van der Waals surface area contributed by atoms with Gasteiger partial charge in [0.15, 0.2) is 0 Å². The van der Waals surface area contributed by atoms with Gasteiger partial charge in [0, 0.05) is 23.1 Å². The van der Waals surface area contributed by atoms with E-state index < -0.39 is 10.0 Å². The van der Waals surface area contributed by atoms with Crippen molar-refractivity contribution >= 4 is 20.9 Å². The molecule has 2 heterocycles. The van der Waals surface area contributed by atoms with Crippen LogP contribution in [0.2, 0.25) is 0 Å². The van der Waals surface area contributed by atoms with Crippen LogP contribution in [0, 0.1) is 0 Å². The monoisotopic (exact) mass is 321 g/mol. The molecule has 1 aromatic heterocycles. The number of nitrogens with one attached hydrogen (secondary N) is 3. The van der Waals surface area contributed by atoms with Crippen LogP contribution in [0.5, 0.6) is 0 Å². The lowest BCUT2D eigenvalue weighted by Gasteiger charge is -2.23. The Balaban J connectivity index is 1.85. The molecule has 0 spiro atoms. The van der Waals surface area contributed by atoms with E-state index in [1.165, 1.54) is 31.9 Å². The molecule has 3 rings (SSSR count). The molecule has 120 valence electrons. The lowest BCUT2D eigenvalue weighted by Crippen LogP contribution is -2.35. The molecule has 1 fully saturated rings. The minimum Gasteiger partial charge on any atom is -0.361 e. The Hall–Kier alpha value is -1.37. The third-order valence-electron chi connectivity index (χ3n) is 4.38. The van der Waals surface area contributed by atoms with Crippen molar-refractivity contribution in [3.8, 4) is 0 Å². The van der Waals surface area contributed by atoms with Crippen molar-refractivity contribution in [1.82, 2.24) is 15.0 Å². The molecule has 1 aromatic carbocycles. The van der Waals surface area contributed by atoms with Crippen LogP contribution in [0.3, 0.4) is 0 Å². The number of rotatable bonds is 5. The minimum atomic E-state index is -3.24. The molecule has 6 heteroatoms. The minimum absolute atomic E-state index is 0.0196. The van der Waals surface area contributed by atoms with Crippen molar-refractivity contribution in [2.45, 2.75) is 37.5 Å². The van der Waals surface area contributed by atoms with Crippen LogP contribution in [0.4, 0.5) is 0 Å². The van der Waals surface area contributed by atoms with Crippen molar-refractivity contribution < 1.29 is 8.42 Å². The van der Waals surface area contributed by atoms with Crippen LogP contribution in [0.25, 0.3) is 10.9 Å². The zero-order valence-corrected chi connectivity index (χ0v) is 13.7. The summed E-state index contributed by atoms with van der Waals surface area (Å²) >= 11 is 0. The van der Waals surface area contributed by atoms with E-state index in [2.05, 4.69) is 21.2 Å². The van der Waals surface area contributed by atoms with Crippen molar-refractivity contribution in [3.63, 3.8) is 0 Å². The van der Waals surface area contributed by atoms with Gasteiger partial charge in [-0.25, -0.2) is 13.1 Å². The largest absolute Gasteiger partial charge is 0.361 e. The van der Waals surface area contributed by atoms with E-state index in [9.17, 15) is 8.42 Å². The Kier molecular flexibility index (Phi) is 4.52. The van der Waals surface area contributed by atoms with Gasteiger partial charge in [-0.2, -0.15) is 0 Å². The fourth-order valence-corrected chi connectivity index (χ4v) is 3.90. The number of sulfonamides is 1. The van der Waals surface area contributed by atoms with Gasteiger partial charge in [0.05, 0.1) is 5.75 Å². The lowest BCUT2D eigenvalue weighted by atomic mass is 9.97. The van der Waals surface area contributed by atoms with Gasteiger partial charge in [-0.15, -0.1) is 0 Å². The molecule has 22 heavy (non-hydrogen) atoms. The number of aromatic amines is 1. The van der Waals surface area contributed by atoms with Gasteiger partial charge in [-0.1, -0.05) is 12.5 Å². The summed E-state index contributed by atoms with van der Waals surface area (Å²) in [5.41, 5.74) is 3.15. The Bertz CT molecular complexity index is 746. The maximum atomic E-state index is 11.7. The molecule has 0 amide bonds. The van der Waals surface area contributed by atoms with Crippen LogP contribution >= 0.6 is 0 Å². The fraction of sp³-hybridized carbons (Fsp3) is 0.500. The van der Waals surface area contributed by atoms with Gasteiger partial charge in [-0.3, -0.25) is 0 Å². The molecule has 1 aliphatic rings. The maximum Gasteiger partial charge on any atom is 0.215 e. The van der Waals surface area contributed by atoms with E-state index in [0.717, 1.165) is 29.4 Å². The van der Waals surface area contributed by atoms with Crippen molar-refractivity contribution in [2.75, 3.05) is 13.6 Å². The number of hydrogen-bond acceptors (Lipinski definition) is 3. The van der Waals surface area contributed by atoms with Gasteiger partial charge in [-0.05, 0) is 56.1 Å².